The van der Waals surface area contributed by atoms with E-state index < -0.39 is 0 Å². The number of ether oxygens (including phenoxy) is 1. The number of likely N-dealkylation sites (tertiary alicyclic amines) is 1. The third-order valence-corrected chi connectivity index (χ3v) is 5.16. The van der Waals surface area contributed by atoms with E-state index in [-0.39, 0.29) is 5.91 Å². The molecule has 6 heteroatoms. The number of aromatic nitrogens is 3. The van der Waals surface area contributed by atoms with Crippen LogP contribution in [0.1, 0.15) is 47.8 Å². The zero-order valence-electron chi connectivity index (χ0n) is 14.6. The maximum absolute atomic E-state index is 12.9. The molecule has 0 bridgehead atoms. The van der Waals surface area contributed by atoms with Gasteiger partial charge < -0.3 is 14.2 Å². The smallest absolute Gasteiger partial charge is 0.254 e. The molecule has 0 spiro atoms. The number of carbonyl (C=O) groups is 1. The second-order valence-corrected chi connectivity index (χ2v) is 7.06. The molecule has 0 N–H and O–H groups in total. The first-order valence-corrected chi connectivity index (χ1v) is 9.05. The molecule has 2 fully saturated rings. The second kappa shape index (κ2) is 6.86. The summed E-state index contributed by atoms with van der Waals surface area (Å²) in [4.78, 5) is 23.5. The van der Waals surface area contributed by atoms with Crippen LogP contribution in [0.2, 0.25) is 0 Å². The molecule has 2 aromatic rings. The van der Waals surface area contributed by atoms with Crippen molar-refractivity contribution in [2.45, 2.75) is 38.1 Å². The molecule has 2 aromatic heterocycles. The number of hydrogen-bond acceptors (Lipinski definition) is 4. The number of rotatable bonds is 5. The number of nitrogens with zero attached hydrogens (tertiary/aromatic N) is 4. The first-order valence-electron chi connectivity index (χ1n) is 9.05. The third kappa shape index (κ3) is 3.52. The number of piperidine rings is 1. The molecule has 1 aliphatic carbocycles. The highest BCUT2D eigenvalue weighted by Gasteiger charge is 2.29. The first kappa shape index (κ1) is 16.1. The maximum atomic E-state index is 12.9. The van der Waals surface area contributed by atoms with Gasteiger partial charge in [0.2, 0.25) is 5.88 Å². The normalized spacial score (nSPS) is 20.5. The van der Waals surface area contributed by atoms with Crippen LogP contribution in [0.25, 0.3) is 0 Å². The molecule has 0 radical (unpaired) electrons. The van der Waals surface area contributed by atoms with Crippen molar-refractivity contribution in [2.75, 3.05) is 20.2 Å². The fourth-order valence-corrected chi connectivity index (χ4v) is 3.62. The van der Waals surface area contributed by atoms with E-state index in [0.29, 0.717) is 17.4 Å². The highest BCUT2D eigenvalue weighted by Crippen LogP contribution is 2.33. The monoisotopic (exact) mass is 340 g/mol. The van der Waals surface area contributed by atoms with Crippen LogP contribution >= 0.6 is 0 Å². The van der Waals surface area contributed by atoms with Crippen LogP contribution < -0.4 is 4.74 Å². The third-order valence-electron chi connectivity index (χ3n) is 5.16. The maximum Gasteiger partial charge on any atom is 0.254 e. The van der Waals surface area contributed by atoms with Gasteiger partial charge in [0.15, 0.2) is 0 Å². The van der Waals surface area contributed by atoms with Crippen molar-refractivity contribution < 1.29 is 9.53 Å². The Bertz CT molecular complexity index is 753. The molecule has 1 saturated heterocycles. The predicted molar refractivity (Wildman–Crippen MR) is 93.6 cm³/mol. The lowest BCUT2D eigenvalue weighted by atomic mass is 9.96. The Labute approximate surface area is 147 Å². The SMILES string of the molecule is COc1cc(C(=O)N2CCC[C@@H](c3nccn3CC3CC3)C2)ccn1. The minimum absolute atomic E-state index is 0.0469. The minimum atomic E-state index is 0.0469. The van der Waals surface area contributed by atoms with E-state index in [1.165, 1.54) is 12.8 Å². The summed E-state index contributed by atoms with van der Waals surface area (Å²) >= 11 is 0. The number of amides is 1. The average Bonchev–Trinajstić information content (AvgIpc) is 3.36. The molecule has 0 aromatic carbocycles. The molecular formula is C19H24N4O2. The topological polar surface area (TPSA) is 60.2 Å². The van der Waals surface area contributed by atoms with E-state index in [1.807, 2.05) is 11.1 Å². The van der Waals surface area contributed by atoms with Gasteiger partial charge >= 0.3 is 0 Å². The fraction of sp³-hybridized carbons (Fsp3) is 0.526. The second-order valence-electron chi connectivity index (χ2n) is 7.06. The lowest BCUT2D eigenvalue weighted by Crippen LogP contribution is -2.39. The summed E-state index contributed by atoms with van der Waals surface area (Å²) in [6.07, 6.45) is 10.4. The molecule has 1 amide bonds. The van der Waals surface area contributed by atoms with Crippen LogP contribution in [0.3, 0.4) is 0 Å². The van der Waals surface area contributed by atoms with Gasteiger partial charge in [-0.25, -0.2) is 9.97 Å². The van der Waals surface area contributed by atoms with E-state index in [9.17, 15) is 4.79 Å². The molecule has 2 aliphatic rings. The van der Waals surface area contributed by atoms with Gasteiger partial charge in [0.05, 0.1) is 7.11 Å². The largest absolute Gasteiger partial charge is 0.481 e. The number of carbonyl (C=O) groups excluding carboxylic acids is 1. The van der Waals surface area contributed by atoms with E-state index in [1.54, 1.807) is 25.4 Å². The number of methoxy groups -OCH3 is 1. The molecule has 3 heterocycles. The van der Waals surface area contributed by atoms with Gasteiger partial charge in [-0.2, -0.15) is 0 Å². The first-order chi connectivity index (χ1) is 12.2. The van der Waals surface area contributed by atoms with Gasteiger partial charge in [0, 0.05) is 55.8 Å². The minimum Gasteiger partial charge on any atom is -0.481 e. The summed E-state index contributed by atoms with van der Waals surface area (Å²) in [6.45, 7) is 2.59. The molecule has 6 nitrogen and oxygen atoms in total. The van der Waals surface area contributed by atoms with Crippen LogP contribution in [-0.4, -0.2) is 45.5 Å². The zero-order valence-corrected chi connectivity index (χ0v) is 14.6. The van der Waals surface area contributed by atoms with E-state index in [2.05, 4.69) is 20.7 Å². The molecule has 0 unspecified atom stereocenters. The highest BCUT2D eigenvalue weighted by atomic mass is 16.5. The standard InChI is InChI=1S/C19H24N4O2/c1-25-17-11-15(6-7-20-17)19(24)23-9-2-3-16(13-23)18-21-8-10-22(18)12-14-4-5-14/h6-8,10-11,14,16H,2-5,9,12-13H2,1H3/t16-/m1/s1. The van der Waals surface area contributed by atoms with Gasteiger partial charge in [-0.05, 0) is 37.7 Å². The number of imidazole rings is 1. The zero-order chi connectivity index (χ0) is 17.2. The van der Waals surface area contributed by atoms with Gasteiger partial charge in [0.1, 0.15) is 5.82 Å². The average molecular weight is 340 g/mol. The Morgan fingerprint density at radius 2 is 2.16 bits per heavy atom. The molecule has 1 saturated carbocycles. The van der Waals surface area contributed by atoms with Crippen molar-refractivity contribution >= 4 is 5.91 Å². The summed E-state index contributed by atoms with van der Waals surface area (Å²) in [5.41, 5.74) is 0.633. The van der Waals surface area contributed by atoms with Crippen LogP contribution in [0.5, 0.6) is 5.88 Å². The van der Waals surface area contributed by atoms with E-state index >= 15 is 0 Å². The van der Waals surface area contributed by atoms with Crippen LogP contribution in [0.4, 0.5) is 0 Å². The summed E-state index contributed by atoms with van der Waals surface area (Å²) in [5.74, 6) is 2.79. The Morgan fingerprint density at radius 3 is 2.96 bits per heavy atom. The predicted octanol–water partition coefficient (Wildman–Crippen LogP) is 2.72. The Kier molecular flexibility index (Phi) is 4.42. The van der Waals surface area contributed by atoms with Crippen LogP contribution in [-0.2, 0) is 6.54 Å². The summed E-state index contributed by atoms with van der Waals surface area (Å²) in [7, 11) is 1.56. The van der Waals surface area contributed by atoms with Crippen molar-refractivity contribution in [3.63, 3.8) is 0 Å². The van der Waals surface area contributed by atoms with Crippen LogP contribution in [0.15, 0.2) is 30.7 Å². The van der Waals surface area contributed by atoms with Gasteiger partial charge in [-0.3, -0.25) is 4.79 Å². The molecule has 132 valence electrons. The molecule has 1 aliphatic heterocycles. The molecular weight excluding hydrogens is 316 g/mol. The summed E-state index contributed by atoms with van der Waals surface area (Å²) < 4.78 is 7.43. The lowest BCUT2D eigenvalue weighted by Gasteiger charge is -2.32. The Balaban J connectivity index is 1.48. The molecule has 1 atom stereocenters. The number of pyridine rings is 1. The van der Waals surface area contributed by atoms with Crippen molar-refractivity contribution in [1.29, 1.82) is 0 Å². The van der Waals surface area contributed by atoms with Crippen molar-refractivity contribution in [2.24, 2.45) is 5.92 Å². The highest BCUT2D eigenvalue weighted by molar-refractivity contribution is 5.94. The van der Waals surface area contributed by atoms with E-state index in [4.69, 9.17) is 4.74 Å². The fourth-order valence-electron chi connectivity index (χ4n) is 3.62. The lowest BCUT2D eigenvalue weighted by molar-refractivity contribution is 0.0702. The van der Waals surface area contributed by atoms with Gasteiger partial charge in [-0.1, -0.05) is 0 Å². The van der Waals surface area contributed by atoms with Crippen molar-refractivity contribution in [3.8, 4) is 5.88 Å². The van der Waals surface area contributed by atoms with E-state index in [0.717, 1.165) is 44.2 Å². The Hall–Kier alpha value is -2.37. The molecule has 4 rings (SSSR count). The quantitative estimate of drug-likeness (QED) is 0.840. The Morgan fingerprint density at radius 1 is 1.28 bits per heavy atom. The summed E-state index contributed by atoms with van der Waals surface area (Å²) in [6, 6.07) is 3.46. The number of hydrogen-bond donors (Lipinski definition) is 0. The van der Waals surface area contributed by atoms with Gasteiger partial charge in [-0.15, -0.1) is 0 Å². The van der Waals surface area contributed by atoms with Crippen molar-refractivity contribution in [3.05, 3.63) is 42.1 Å². The molecule has 25 heavy (non-hydrogen) atoms. The summed E-state index contributed by atoms with van der Waals surface area (Å²) in [5, 5.41) is 0. The van der Waals surface area contributed by atoms with Crippen molar-refractivity contribution in [1.82, 2.24) is 19.4 Å². The van der Waals surface area contributed by atoms with Crippen LogP contribution in [0, 0.1) is 5.92 Å². The van der Waals surface area contributed by atoms with Gasteiger partial charge in [0.25, 0.3) is 5.91 Å².